The summed E-state index contributed by atoms with van der Waals surface area (Å²) in [5, 5.41) is 0. The van der Waals surface area contributed by atoms with Crippen LogP contribution in [0.15, 0.2) is 24.3 Å². The second kappa shape index (κ2) is 5.67. The normalized spacial score (nSPS) is 11.3. The maximum Gasteiger partial charge on any atom is 0.522 e. The summed E-state index contributed by atoms with van der Waals surface area (Å²) in [7, 11) is 0. The summed E-state index contributed by atoms with van der Waals surface area (Å²) in [6.45, 7) is 0.466. The number of alkyl halides is 3. The highest BCUT2D eigenvalue weighted by molar-refractivity contribution is 5.96. The molecule has 0 bridgehead atoms. The van der Waals surface area contributed by atoms with Crippen molar-refractivity contribution in [1.29, 1.82) is 0 Å². The predicted molar refractivity (Wildman–Crippen MR) is 53.9 cm³/mol. The number of rotatable bonds is 5. The summed E-state index contributed by atoms with van der Waals surface area (Å²) >= 11 is 0. The lowest BCUT2D eigenvalue weighted by Gasteiger charge is -2.10. The molecule has 6 heteroatoms. The SMILES string of the molecule is CC(=O)c1ccccc1OCCOC(F)(F)F. The minimum Gasteiger partial charge on any atom is -0.490 e. The first kappa shape index (κ1) is 13.5. The minimum atomic E-state index is -4.66. The van der Waals surface area contributed by atoms with E-state index in [0.717, 1.165) is 0 Å². The molecule has 0 saturated heterocycles. The van der Waals surface area contributed by atoms with Gasteiger partial charge in [-0.15, -0.1) is 13.2 Å². The number of ether oxygens (including phenoxy) is 2. The van der Waals surface area contributed by atoms with Crippen LogP contribution < -0.4 is 4.74 Å². The van der Waals surface area contributed by atoms with Crippen molar-refractivity contribution in [3.8, 4) is 5.75 Å². The number of carbonyl (C=O) groups is 1. The molecular formula is C11H11F3O3. The molecule has 1 rings (SSSR count). The van der Waals surface area contributed by atoms with E-state index >= 15 is 0 Å². The van der Waals surface area contributed by atoms with Crippen molar-refractivity contribution in [3.63, 3.8) is 0 Å². The molecule has 0 amide bonds. The van der Waals surface area contributed by atoms with Gasteiger partial charge in [-0.25, -0.2) is 0 Å². The van der Waals surface area contributed by atoms with Crippen LogP contribution in [0.2, 0.25) is 0 Å². The lowest BCUT2D eigenvalue weighted by atomic mass is 10.1. The number of para-hydroxylation sites is 1. The van der Waals surface area contributed by atoms with Crippen LogP contribution in [0, 0.1) is 0 Å². The van der Waals surface area contributed by atoms with E-state index in [2.05, 4.69) is 4.74 Å². The van der Waals surface area contributed by atoms with E-state index in [9.17, 15) is 18.0 Å². The fraction of sp³-hybridized carbons (Fsp3) is 0.364. The Kier molecular flexibility index (Phi) is 4.51. The zero-order valence-corrected chi connectivity index (χ0v) is 9.08. The van der Waals surface area contributed by atoms with Gasteiger partial charge in [0.2, 0.25) is 0 Å². The van der Waals surface area contributed by atoms with Gasteiger partial charge in [-0.1, -0.05) is 12.1 Å². The van der Waals surface area contributed by atoms with Gasteiger partial charge in [-0.3, -0.25) is 9.53 Å². The van der Waals surface area contributed by atoms with Gasteiger partial charge in [0.25, 0.3) is 0 Å². The van der Waals surface area contributed by atoms with Gasteiger partial charge in [0.1, 0.15) is 12.4 Å². The van der Waals surface area contributed by atoms with Crippen molar-refractivity contribution < 1.29 is 27.4 Å². The van der Waals surface area contributed by atoms with Gasteiger partial charge in [0, 0.05) is 0 Å². The molecule has 1 aromatic rings. The van der Waals surface area contributed by atoms with E-state index < -0.39 is 13.0 Å². The lowest BCUT2D eigenvalue weighted by Crippen LogP contribution is -2.18. The highest BCUT2D eigenvalue weighted by Crippen LogP contribution is 2.19. The van der Waals surface area contributed by atoms with E-state index in [-0.39, 0.29) is 18.1 Å². The summed E-state index contributed by atoms with van der Waals surface area (Å²) in [5.74, 6) is 0.0446. The third-order valence-corrected chi connectivity index (χ3v) is 1.87. The summed E-state index contributed by atoms with van der Waals surface area (Å²) in [5.41, 5.74) is 0.333. The van der Waals surface area contributed by atoms with Gasteiger partial charge in [0.15, 0.2) is 5.78 Å². The Morgan fingerprint density at radius 1 is 1.24 bits per heavy atom. The van der Waals surface area contributed by atoms with Crippen LogP contribution >= 0.6 is 0 Å². The second-order valence-electron chi connectivity index (χ2n) is 3.20. The van der Waals surface area contributed by atoms with Gasteiger partial charge in [-0.05, 0) is 19.1 Å². The predicted octanol–water partition coefficient (Wildman–Crippen LogP) is 2.80. The summed E-state index contributed by atoms with van der Waals surface area (Å²) in [6.07, 6.45) is -4.66. The van der Waals surface area contributed by atoms with Gasteiger partial charge in [0.05, 0.1) is 12.2 Å². The van der Waals surface area contributed by atoms with Gasteiger partial charge >= 0.3 is 6.36 Å². The van der Waals surface area contributed by atoms with Crippen molar-refractivity contribution in [2.45, 2.75) is 13.3 Å². The van der Waals surface area contributed by atoms with Crippen LogP contribution in [0.3, 0.4) is 0 Å². The Balaban J connectivity index is 2.49. The molecule has 0 aliphatic rings. The van der Waals surface area contributed by atoms with Crippen LogP contribution in [0.5, 0.6) is 5.75 Å². The molecule has 0 atom stereocenters. The smallest absolute Gasteiger partial charge is 0.490 e. The van der Waals surface area contributed by atoms with Crippen LogP contribution in [0.4, 0.5) is 13.2 Å². The lowest BCUT2D eigenvalue weighted by molar-refractivity contribution is -0.325. The first-order valence-corrected chi connectivity index (χ1v) is 4.83. The van der Waals surface area contributed by atoms with Crippen LogP contribution in [-0.2, 0) is 4.74 Å². The first-order valence-electron chi connectivity index (χ1n) is 4.83. The molecule has 3 nitrogen and oxygen atoms in total. The molecule has 17 heavy (non-hydrogen) atoms. The molecular weight excluding hydrogens is 237 g/mol. The molecule has 0 aliphatic carbocycles. The van der Waals surface area contributed by atoms with E-state index in [1.54, 1.807) is 18.2 Å². The number of benzene rings is 1. The zero-order chi connectivity index (χ0) is 12.9. The fourth-order valence-electron chi connectivity index (χ4n) is 1.19. The number of halogens is 3. The quantitative estimate of drug-likeness (QED) is 0.593. The molecule has 1 aromatic carbocycles. The van der Waals surface area contributed by atoms with E-state index in [1.807, 2.05) is 0 Å². The Bertz CT molecular complexity index is 388. The van der Waals surface area contributed by atoms with E-state index in [4.69, 9.17) is 4.74 Å². The standard InChI is InChI=1S/C11H11F3O3/c1-8(15)9-4-2-3-5-10(9)16-6-7-17-11(12,13)14/h2-5H,6-7H2,1H3. The van der Waals surface area contributed by atoms with E-state index in [1.165, 1.54) is 13.0 Å². The van der Waals surface area contributed by atoms with Gasteiger partial charge in [-0.2, -0.15) is 0 Å². The number of Topliss-reactive ketones (excluding diaryl/α,β-unsaturated/α-hetero) is 1. The topological polar surface area (TPSA) is 35.5 Å². The van der Waals surface area contributed by atoms with E-state index in [0.29, 0.717) is 5.56 Å². The summed E-state index contributed by atoms with van der Waals surface area (Å²) in [6, 6.07) is 6.34. The maximum absolute atomic E-state index is 11.7. The van der Waals surface area contributed by atoms with Gasteiger partial charge < -0.3 is 4.74 Å². The zero-order valence-electron chi connectivity index (χ0n) is 9.08. The number of ketones is 1. The molecule has 0 aromatic heterocycles. The summed E-state index contributed by atoms with van der Waals surface area (Å²) < 4.78 is 43.6. The second-order valence-corrected chi connectivity index (χ2v) is 3.20. The monoisotopic (exact) mass is 248 g/mol. The molecule has 0 N–H and O–H groups in total. The number of hydrogen-bond donors (Lipinski definition) is 0. The average molecular weight is 248 g/mol. The third kappa shape index (κ3) is 4.86. The van der Waals surface area contributed by atoms with Crippen molar-refractivity contribution in [2.24, 2.45) is 0 Å². The summed E-state index contributed by atoms with van der Waals surface area (Å²) in [4.78, 5) is 11.2. The fourth-order valence-corrected chi connectivity index (χ4v) is 1.19. The van der Waals surface area contributed by atoms with Crippen molar-refractivity contribution >= 4 is 5.78 Å². The molecule has 0 unspecified atom stereocenters. The first-order chi connectivity index (χ1) is 7.90. The third-order valence-electron chi connectivity index (χ3n) is 1.87. The van der Waals surface area contributed by atoms with Crippen molar-refractivity contribution in [2.75, 3.05) is 13.2 Å². The van der Waals surface area contributed by atoms with Crippen molar-refractivity contribution in [1.82, 2.24) is 0 Å². The largest absolute Gasteiger partial charge is 0.522 e. The van der Waals surface area contributed by atoms with Crippen LogP contribution in [0.25, 0.3) is 0 Å². The Hall–Kier alpha value is -1.56. The highest BCUT2D eigenvalue weighted by atomic mass is 19.4. The molecule has 0 spiro atoms. The van der Waals surface area contributed by atoms with Crippen molar-refractivity contribution in [3.05, 3.63) is 29.8 Å². The Labute approximate surface area is 96.1 Å². The Morgan fingerprint density at radius 3 is 2.47 bits per heavy atom. The molecule has 0 saturated carbocycles. The minimum absolute atomic E-state index is 0.211. The average Bonchev–Trinajstić information content (AvgIpc) is 2.23. The van der Waals surface area contributed by atoms with Crippen LogP contribution in [0.1, 0.15) is 17.3 Å². The maximum atomic E-state index is 11.7. The molecule has 0 radical (unpaired) electrons. The Morgan fingerprint density at radius 2 is 1.88 bits per heavy atom. The van der Waals surface area contributed by atoms with Crippen LogP contribution in [-0.4, -0.2) is 25.4 Å². The highest BCUT2D eigenvalue weighted by Gasteiger charge is 2.28. The molecule has 0 fully saturated rings. The number of hydrogen-bond acceptors (Lipinski definition) is 3. The molecule has 0 heterocycles. The molecule has 0 aliphatic heterocycles. The molecule has 94 valence electrons. The number of carbonyl (C=O) groups excluding carboxylic acids is 1.